The molecule has 0 aliphatic heterocycles. The number of nitrogens with one attached hydrogen (secondary N) is 1. The first-order valence-corrected chi connectivity index (χ1v) is 6.33. The number of benzene rings is 1. The fraction of sp³-hybridized carbons (Fsp3) is 0.385. The summed E-state index contributed by atoms with van der Waals surface area (Å²) in [5.74, 6) is 1.66. The van der Waals surface area contributed by atoms with Gasteiger partial charge in [-0.05, 0) is 36.7 Å². The summed E-state index contributed by atoms with van der Waals surface area (Å²) in [6.07, 6.45) is 0. The lowest BCUT2D eigenvalue weighted by Crippen LogP contribution is -2.18. The molecular weight excluding hydrogens is 266 g/mol. The van der Waals surface area contributed by atoms with Crippen LogP contribution in [0.3, 0.4) is 0 Å². The van der Waals surface area contributed by atoms with Crippen LogP contribution in [-0.2, 0) is 6.54 Å². The summed E-state index contributed by atoms with van der Waals surface area (Å²) in [4.78, 5) is 0. The van der Waals surface area contributed by atoms with Crippen molar-refractivity contribution in [1.29, 1.82) is 0 Å². The third kappa shape index (κ3) is 2.86. The highest BCUT2D eigenvalue weighted by Gasteiger charge is 2.03. The van der Waals surface area contributed by atoms with Crippen molar-refractivity contribution >= 4 is 26.9 Å². The minimum Gasteiger partial charge on any atom is -0.460 e. The molecule has 2 nitrogen and oxygen atoms in total. The van der Waals surface area contributed by atoms with Crippen LogP contribution < -0.4 is 5.32 Å². The largest absolute Gasteiger partial charge is 0.460 e. The zero-order valence-electron chi connectivity index (χ0n) is 9.59. The Labute approximate surface area is 104 Å². The molecule has 0 bridgehead atoms. The number of hydrogen-bond donors (Lipinski definition) is 1. The van der Waals surface area contributed by atoms with E-state index in [-0.39, 0.29) is 0 Å². The molecular formula is C13H16BrNO. The summed E-state index contributed by atoms with van der Waals surface area (Å²) >= 11 is 3.46. The molecule has 0 radical (unpaired) electrons. The van der Waals surface area contributed by atoms with Gasteiger partial charge in [-0.2, -0.15) is 0 Å². The maximum atomic E-state index is 5.72. The van der Waals surface area contributed by atoms with Crippen LogP contribution in [0.2, 0.25) is 0 Å². The van der Waals surface area contributed by atoms with Crippen molar-refractivity contribution in [3.63, 3.8) is 0 Å². The zero-order chi connectivity index (χ0) is 11.5. The molecule has 0 fully saturated rings. The predicted octanol–water partition coefficient (Wildman–Crippen LogP) is 3.94. The SMILES string of the molecule is CC(C)CNCc1cc2cc(Br)ccc2o1. The molecule has 0 unspecified atom stereocenters. The molecule has 0 aliphatic rings. The number of hydrogen-bond acceptors (Lipinski definition) is 2. The van der Waals surface area contributed by atoms with Gasteiger partial charge >= 0.3 is 0 Å². The molecule has 0 saturated carbocycles. The molecule has 1 aromatic carbocycles. The minimum atomic E-state index is 0.665. The van der Waals surface area contributed by atoms with Crippen molar-refractivity contribution in [1.82, 2.24) is 5.32 Å². The maximum Gasteiger partial charge on any atom is 0.134 e. The topological polar surface area (TPSA) is 25.2 Å². The van der Waals surface area contributed by atoms with Gasteiger partial charge in [-0.1, -0.05) is 29.8 Å². The highest BCUT2D eigenvalue weighted by molar-refractivity contribution is 9.10. The van der Waals surface area contributed by atoms with Crippen molar-refractivity contribution in [2.24, 2.45) is 5.92 Å². The molecule has 2 rings (SSSR count). The number of fused-ring (bicyclic) bond motifs is 1. The number of furan rings is 1. The van der Waals surface area contributed by atoms with Crippen molar-refractivity contribution in [2.75, 3.05) is 6.54 Å². The average molecular weight is 282 g/mol. The summed E-state index contributed by atoms with van der Waals surface area (Å²) in [7, 11) is 0. The Morgan fingerprint density at radius 2 is 2.12 bits per heavy atom. The van der Waals surface area contributed by atoms with Crippen LogP contribution in [0.1, 0.15) is 19.6 Å². The molecule has 0 saturated heterocycles. The van der Waals surface area contributed by atoms with Crippen LogP contribution in [-0.4, -0.2) is 6.54 Å². The van der Waals surface area contributed by atoms with Crippen molar-refractivity contribution in [3.8, 4) is 0 Å². The number of halogens is 1. The second kappa shape index (κ2) is 5.02. The van der Waals surface area contributed by atoms with Gasteiger partial charge in [0.05, 0.1) is 6.54 Å². The van der Waals surface area contributed by atoms with Crippen molar-refractivity contribution < 1.29 is 4.42 Å². The Kier molecular flexibility index (Phi) is 3.66. The Balaban J connectivity index is 2.08. The van der Waals surface area contributed by atoms with Gasteiger partial charge in [0.25, 0.3) is 0 Å². The maximum absolute atomic E-state index is 5.72. The van der Waals surface area contributed by atoms with E-state index in [4.69, 9.17) is 4.42 Å². The predicted molar refractivity (Wildman–Crippen MR) is 70.5 cm³/mol. The molecule has 0 aliphatic carbocycles. The fourth-order valence-electron chi connectivity index (χ4n) is 1.64. The average Bonchev–Trinajstić information content (AvgIpc) is 2.58. The molecule has 3 heteroatoms. The lowest BCUT2D eigenvalue weighted by Gasteiger charge is -2.04. The standard InChI is InChI=1S/C13H16BrNO/c1-9(2)7-15-8-12-6-10-5-11(14)3-4-13(10)16-12/h3-6,9,15H,7-8H2,1-2H3. The van der Waals surface area contributed by atoms with Gasteiger partial charge in [-0.15, -0.1) is 0 Å². The molecule has 2 aromatic rings. The van der Waals surface area contributed by atoms with E-state index in [0.717, 1.165) is 34.3 Å². The highest BCUT2D eigenvalue weighted by Crippen LogP contribution is 2.23. The Morgan fingerprint density at radius 1 is 1.31 bits per heavy atom. The van der Waals surface area contributed by atoms with E-state index in [1.54, 1.807) is 0 Å². The monoisotopic (exact) mass is 281 g/mol. The molecule has 86 valence electrons. The first-order chi connectivity index (χ1) is 7.65. The van der Waals surface area contributed by atoms with E-state index < -0.39 is 0 Å². The van der Waals surface area contributed by atoms with Crippen LogP contribution in [0.5, 0.6) is 0 Å². The van der Waals surface area contributed by atoms with Crippen LogP contribution in [0.15, 0.2) is 33.2 Å². The van der Waals surface area contributed by atoms with Crippen LogP contribution in [0, 0.1) is 5.92 Å². The van der Waals surface area contributed by atoms with Crippen LogP contribution in [0.25, 0.3) is 11.0 Å². The quantitative estimate of drug-likeness (QED) is 0.918. The van der Waals surface area contributed by atoms with Gasteiger partial charge < -0.3 is 9.73 Å². The summed E-state index contributed by atoms with van der Waals surface area (Å²) < 4.78 is 6.81. The third-order valence-corrected chi connectivity index (χ3v) is 2.87. The van der Waals surface area contributed by atoms with Gasteiger partial charge in [0.2, 0.25) is 0 Å². The first-order valence-electron chi connectivity index (χ1n) is 5.54. The van der Waals surface area contributed by atoms with Gasteiger partial charge in [0.15, 0.2) is 0 Å². The molecule has 1 aromatic heterocycles. The van der Waals surface area contributed by atoms with Gasteiger partial charge in [-0.3, -0.25) is 0 Å². The van der Waals surface area contributed by atoms with Crippen molar-refractivity contribution in [3.05, 3.63) is 34.5 Å². The van der Waals surface area contributed by atoms with Gasteiger partial charge in [-0.25, -0.2) is 0 Å². The summed E-state index contributed by atoms with van der Waals surface area (Å²) in [5, 5.41) is 4.52. The summed E-state index contributed by atoms with van der Waals surface area (Å²) in [6.45, 7) is 6.21. The van der Waals surface area contributed by atoms with Gasteiger partial charge in [0, 0.05) is 9.86 Å². The second-order valence-electron chi connectivity index (χ2n) is 4.42. The first kappa shape index (κ1) is 11.7. The fourth-order valence-corrected chi connectivity index (χ4v) is 2.02. The second-order valence-corrected chi connectivity index (χ2v) is 5.34. The number of rotatable bonds is 4. The molecule has 0 spiro atoms. The van der Waals surface area contributed by atoms with E-state index >= 15 is 0 Å². The van der Waals surface area contributed by atoms with E-state index in [1.807, 2.05) is 12.1 Å². The Morgan fingerprint density at radius 3 is 2.88 bits per heavy atom. The molecule has 1 heterocycles. The zero-order valence-corrected chi connectivity index (χ0v) is 11.2. The van der Waals surface area contributed by atoms with Crippen LogP contribution in [0.4, 0.5) is 0 Å². The minimum absolute atomic E-state index is 0.665. The molecule has 0 atom stereocenters. The summed E-state index contributed by atoms with van der Waals surface area (Å²) in [6, 6.07) is 8.15. The molecule has 0 amide bonds. The lowest BCUT2D eigenvalue weighted by atomic mass is 10.2. The van der Waals surface area contributed by atoms with E-state index in [0.29, 0.717) is 5.92 Å². The smallest absolute Gasteiger partial charge is 0.134 e. The van der Waals surface area contributed by atoms with Gasteiger partial charge in [0.1, 0.15) is 11.3 Å². The van der Waals surface area contributed by atoms with E-state index in [1.165, 1.54) is 0 Å². The Hall–Kier alpha value is -0.800. The van der Waals surface area contributed by atoms with Crippen LogP contribution >= 0.6 is 15.9 Å². The third-order valence-electron chi connectivity index (χ3n) is 2.38. The highest BCUT2D eigenvalue weighted by atomic mass is 79.9. The van der Waals surface area contributed by atoms with Crippen molar-refractivity contribution in [2.45, 2.75) is 20.4 Å². The van der Waals surface area contributed by atoms with E-state index in [2.05, 4.69) is 47.2 Å². The molecule has 16 heavy (non-hydrogen) atoms. The Bertz CT molecular complexity index is 476. The van der Waals surface area contributed by atoms with E-state index in [9.17, 15) is 0 Å². The lowest BCUT2D eigenvalue weighted by molar-refractivity contribution is 0.485. The molecule has 1 N–H and O–H groups in total. The summed E-state index contributed by atoms with van der Waals surface area (Å²) in [5.41, 5.74) is 0.949. The normalized spacial score (nSPS) is 11.5.